The summed E-state index contributed by atoms with van der Waals surface area (Å²) >= 11 is 1.95. The highest BCUT2D eigenvalue weighted by atomic mass is 32.2. The topological polar surface area (TPSA) is 46.3 Å². The molecule has 104 valence electrons. The second kappa shape index (κ2) is 5.87. The van der Waals surface area contributed by atoms with Crippen molar-refractivity contribution >= 4 is 23.4 Å². The van der Waals surface area contributed by atoms with Crippen molar-refractivity contribution in [1.29, 1.82) is 0 Å². The van der Waals surface area contributed by atoms with Crippen LogP contribution in [0.3, 0.4) is 0 Å². The zero-order valence-corrected chi connectivity index (χ0v) is 12.5. The van der Waals surface area contributed by atoms with Crippen LogP contribution in [0.15, 0.2) is 24.3 Å². The number of carbonyl (C=O) groups is 1. The molecule has 2 N–H and O–H groups in total. The summed E-state index contributed by atoms with van der Waals surface area (Å²) in [5.41, 5.74) is 7.54. The van der Waals surface area contributed by atoms with Gasteiger partial charge in [-0.05, 0) is 18.1 Å². The molecule has 0 aromatic heterocycles. The van der Waals surface area contributed by atoms with E-state index >= 15 is 0 Å². The van der Waals surface area contributed by atoms with Gasteiger partial charge in [0.05, 0.1) is 6.42 Å². The van der Waals surface area contributed by atoms with E-state index in [-0.39, 0.29) is 10.7 Å². The second-order valence-electron chi connectivity index (χ2n) is 5.61. The summed E-state index contributed by atoms with van der Waals surface area (Å²) in [4.78, 5) is 14.3. The maximum atomic E-state index is 12.3. The molecule has 19 heavy (non-hydrogen) atoms. The van der Waals surface area contributed by atoms with Crippen LogP contribution in [0.25, 0.3) is 0 Å². The zero-order chi connectivity index (χ0) is 13.9. The largest absolute Gasteiger partial charge is 0.398 e. The molecular weight excluding hydrogens is 256 g/mol. The summed E-state index contributed by atoms with van der Waals surface area (Å²) in [6.45, 7) is 6.20. The lowest BCUT2D eigenvalue weighted by Gasteiger charge is -2.23. The molecule has 0 radical (unpaired) electrons. The number of carbonyl (C=O) groups excluding carboxylic acids is 1. The van der Waals surface area contributed by atoms with Gasteiger partial charge >= 0.3 is 0 Å². The number of hydrogen-bond acceptors (Lipinski definition) is 3. The van der Waals surface area contributed by atoms with Crippen molar-refractivity contribution < 1.29 is 4.79 Å². The van der Waals surface area contributed by atoms with Gasteiger partial charge in [0.2, 0.25) is 5.91 Å². The number of benzene rings is 1. The third-order valence-electron chi connectivity index (χ3n) is 3.59. The summed E-state index contributed by atoms with van der Waals surface area (Å²) in [7, 11) is 0. The predicted octanol–water partition coefficient (Wildman–Crippen LogP) is 2.56. The monoisotopic (exact) mass is 278 g/mol. The molecule has 1 aromatic rings. The predicted molar refractivity (Wildman–Crippen MR) is 82.3 cm³/mol. The first kappa shape index (κ1) is 14.3. The van der Waals surface area contributed by atoms with Gasteiger partial charge in [0, 0.05) is 29.3 Å². The molecule has 1 heterocycles. The van der Waals surface area contributed by atoms with Gasteiger partial charge in [-0.1, -0.05) is 32.0 Å². The Morgan fingerprint density at radius 1 is 1.37 bits per heavy atom. The Hall–Kier alpha value is -1.16. The molecular formula is C15H22N2OS. The Balaban J connectivity index is 1.99. The molecule has 0 unspecified atom stereocenters. The number of rotatable bonds is 2. The minimum atomic E-state index is 0.191. The standard InChI is InChI=1S/C15H22N2OS/c1-15(2)7-8-17(9-10-19-15)14(18)11-12-5-3-4-6-13(12)16/h3-6H,7-11,16H2,1-2H3. The lowest BCUT2D eigenvalue weighted by atomic mass is 10.1. The third kappa shape index (κ3) is 3.90. The van der Waals surface area contributed by atoms with Crippen LogP contribution in [-0.2, 0) is 11.2 Å². The SMILES string of the molecule is CC1(C)CCN(C(=O)Cc2ccccc2N)CCS1. The highest BCUT2D eigenvalue weighted by molar-refractivity contribution is 8.00. The van der Waals surface area contributed by atoms with Gasteiger partial charge in [0.1, 0.15) is 0 Å². The first-order chi connectivity index (χ1) is 8.98. The number of anilines is 1. The van der Waals surface area contributed by atoms with Crippen LogP contribution in [0.5, 0.6) is 0 Å². The average molecular weight is 278 g/mol. The van der Waals surface area contributed by atoms with Gasteiger partial charge < -0.3 is 10.6 Å². The summed E-state index contributed by atoms with van der Waals surface area (Å²) in [5.74, 6) is 1.21. The van der Waals surface area contributed by atoms with Gasteiger partial charge in [-0.2, -0.15) is 11.8 Å². The molecule has 1 aliphatic rings. The van der Waals surface area contributed by atoms with Crippen LogP contribution in [0, 0.1) is 0 Å². The van der Waals surface area contributed by atoms with Gasteiger partial charge in [-0.15, -0.1) is 0 Å². The van der Waals surface area contributed by atoms with Gasteiger partial charge in [-0.3, -0.25) is 4.79 Å². The van der Waals surface area contributed by atoms with Crippen LogP contribution < -0.4 is 5.73 Å². The van der Waals surface area contributed by atoms with Crippen molar-refractivity contribution in [3.8, 4) is 0 Å². The average Bonchev–Trinajstić information content (AvgIpc) is 2.53. The Labute approximate surface area is 119 Å². The fourth-order valence-electron chi connectivity index (χ4n) is 2.24. The maximum Gasteiger partial charge on any atom is 0.227 e. The Morgan fingerprint density at radius 3 is 2.84 bits per heavy atom. The number of amides is 1. The smallest absolute Gasteiger partial charge is 0.227 e. The van der Waals surface area contributed by atoms with E-state index in [0.717, 1.165) is 30.8 Å². The highest BCUT2D eigenvalue weighted by Gasteiger charge is 2.25. The van der Waals surface area contributed by atoms with E-state index in [1.165, 1.54) is 0 Å². The van der Waals surface area contributed by atoms with E-state index in [1.54, 1.807) is 0 Å². The van der Waals surface area contributed by atoms with E-state index in [2.05, 4.69) is 13.8 Å². The minimum absolute atomic E-state index is 0.191. The molecule has 4 heteroatoms. The number of hydrogen-bond donors (Lipinski definition) is 1. The highest BCUT2D eigenvalue weighted by Crippen LogP contribution is 2.30. The maximum absolute atomic E-state index is 12.3. The molecule has 1 aliphatic heterocycles. The molecule has 1 amide bonds. The fourth-order valence-corrected chi connectivity index (χ4v) is 3.34. The summed E-state index contributed by atoms with van der Waals surface area (Å²) in [5, 5.41) is 0. The van der Waals surface area contributed by atoms with Crippen molar-refractivity contribution in [2.45, 2.75) is 31.4 Å². The van der Waals surface area contributed by atoms with Crippen LogP contribution in [0.4, 0.5) is 5.69 Å². The normalized spacial score (nSPS) is 18.9. The lowest BCUT2D eigenvalue weighted by molar-refractivity contribution is -0.130. The van der Waals surface area contributed by atoms with Crippen LogP contribution >= 0.6 is 11.8 Å². The molecule has 1 fully saturated rings. The minimum Gasteiger partial charge on any atom is -0.398 e. The molecule has 1 saturated heterocycles. The molecule has 0 spiro atoms. The van der Waals surface area contributed by atoms with Crippen LogP contribution in [0.2, 0.25) is 0 Å². The second-order valence-corrected chi connectivity index (χ2v) is 7.42. The molecule has 3 nitrogen and oxygen atoms in total. The Morgan fingerprint density at radius 2 is 2.11 bits per heavy atom. The van der Waals surface area contributed by atoms with E-state index in [1.807, 2.05) is 40.9 Å². The van der Waals surface area contributed by atoms with Gasteiger partial charge in [0.15, 0.2) is 0 Å². The number of para-hydroxylation sites is 1. The summed E-state index contributed by atoms with van der Waals surface area (Å²) in [6, 6.07) is 7.61. The van der Waals surface area contributed by atoms with Crippen molar-refractivity contribution in [3.63, 3.8) is 0 Å². The first-order valence-corrected chi connectivity index (χ1v) is 7.72. The molecule has 0 saturated carbocycles. The third-order valence-corrected chi connectivity index (χ3v) is 4.96. The quantitative estimate of drug-likeness (QED) is 0.846. The van der Waals surface area contributed by atoms with Crippen molar-refractivity contribution in [3.05, 3.63) is 29.8 Å². The molecule has 0 atom stereocenters. The lowest BCUT2D eigenvalue weighted by Crippen LogP contribution is -2.34. The number of nitrogens with two attached hydrogens (primary N) is 1. The zero-order valence-electron chi connectivity index (χ0n) is 11.7. The molecule has 2 rings (SSSR count). The number of thioether (sulfide) groups is 1. The summed E-state index contributed by atoms with van der Waals surface area (Å²) < 4.78 is 0.279. The molecule has 1 aromatic carbocycles. The van der Waals surface area contributed by atoms with E-state index in [4.69, 9.17) is 5.73 Å². The van der Waals surface area contributed by atoms with E-state index < -0.39 is 0 Å². The first-order valence-electron chi connectivity index (χ1n) is 6.73. The van der Waals surface area contributed by atoms with Gasteiger partial charge in [0.25, 0.3) is 0 Å². The molecule has 0 aliphatic carbocycles. The fraction of sp³-hybridized carbons (Fsp3) is 0.533. The van der Waals surface area contributed by atoms with Crippen LogP contribution in [0.1, 0.15) is 25.8 Å². The van der Waals surface area contributed by atoms with Crippen molar-refractivity contribution in [1.82, 2.24) is 4.90 Å². The van der Waals surface area contributed by atoms with Gasteiger partial charge in [-0.25, -0.2) is 0 Å². The number of nitrogens with zero attached hydrogens (tertiary/aromatic N) is 1. The number of nitrogen functional groups attached to an aromatic ring is 1. The van der Waals surface area contributed by atoms with Crippen molar-refractivity contribution in [2.24, 2.45) is 0 Å². The summed E-state index contributed by atoms with van der Waals surface area (Å²) in [6.07, 6.45) is 1.46. The molecule has 0 bridgehead atoms. The Bertz CT molecular complexity index is 459. The van der Waals surface area contributed by atoms with Crippen molar-refractivity contribution in [2.75, 3.05) is 24.6 Å². The van der Waals surface area contributed by atoms with E-state index in [9.17, 15) is 4.79 Å². The Kier molecular flexibility index (Phi) is 4.40. The van der Waals surface area contributed by atoms with E-state index in [0.29, 0.717) is 12.1 Å². The van der Waals surface area contributed by atoms with Crippen LogP contribution in [-0.4, -0.2) is 34.4 Å².